The molecule has 2 amide bonds. The molecule has 114 valence electrons. The number of hydrogen-bond acceptors (Lipinski definition) is 4. The third-order valence-corrected chi connectivity index (χ3v) is 5.14. The monoisotopic (exact) mass is 336 g/mol. The minimum Gasteiger partial charge on any atom is -0.324 e. The lowest BCUT2D eigenvalue weighted by Crippen LogP contribution is -2.44. The molecule has 0 bridgehead atoms. The molecule has 1 atom stereocenters. The minimum atomic E-state index is -0.539. The average molecular weight is 336 g/mol. The zero-order valence-corrected chi connectivity index (χ0v) is 13.1. The Kier molecular flexibility index (Phi) is 4.44. The molecular formula is C15H13FN2O2S2. The van der Waals surface area contributed by atoms with E-state index in [1.807, 2.05) is 11.4 Å². The molecule has 0 saturated carbocycles. The first kappa shape index (κ1) is 15.1. The van der Waals surface area contributed by atoms with Crippen LogP contribution in [0.5, 0.6) is 0 Å². The van der Waals surface area contributed by atoms with Crippen molar-refractivity contribution in [2.75, 3.05) is 16.9 Å². The van der Waals surface area contributed by atoms with Crippen LogP contribution in [0, 0.1) is 5.82 Å². The second-order valence-corrected chi connectivity index (χ2v) is 6.72. The van der Waals surface area contributed by atoms with E-state index in [0.717, 1.165) is 0 Å². The zero-order chi connectivity index (χ0) is 15.5. The molecule has 1 saturated heterocycles. The topological polar surface area (TPSA) is 49.4 Å². The van der Waals surface area contributed by atoms with E-state index in [1.165, 1.54) is 41.3 Å². The number of rotatable bonds is 3. The van der Waals surface area contributed by atoms with Gasteiger partial charge in [0.15, 0.2) is 0 Å². The smallest absolute Gasteiger partial charge is 0.265 e. The fraction of sp³-hybridized carbons (Fsp3) is 0.200. The van der Waals surface area contributed by atoms with Crippen molar-refractivity contribution in [2.45, 2.75) is 6.04 Å². The fourth-order valence-corrected chi connectivity index (χ4v) is 4.03. The van der Waals surface area contributed by atoms with Gasteiger partial charge in [0.1, 0.15) is 11.9 Å². The van der Waals surface area contributed by atoms with Crippen LogP contribution in [-0.4, -0.2) is 34.4 Å². The third kappa shape index (κ3) is 3.15. The first-order valence-corrected chi connectivity index (χ1v) is 8.67. The number of anilines is 1. The summed E-state index contributed by atoms with van der Waals surface area (Å²) in [5.74, 6) is 0.181. The first-order chi connectivity index (χ1) is 10.6. The van der Waals surface area contributed by atoms with Gasteiger partial charge in [0.25, 0.3) is 5.91 Å². The summed E-state index contributed by atoms with van der Waals surface area (Å²) >= 11 is 2.89. The Bertz CT molecular complexity index is 691. The molecule has 1 aromatic heterocycles. The fourth-order valence-electron chi connectivity index (χ4n) is 2.19. The number of thiophene rings is 1. The first-order valence-electron chi connectivity index (χ1n) is 6.64. The summed E-state index contributed by atoms with van der Waals surface area (Å²) in [6, 6.07) is 8.74. The van der Waals surface area contributed by atoms with Gasteiger partial charge < -0.3 is 10.2 Å². The molecule has 0 aliphatic carbocycles. The number of nitrogens with one attached hydrogen (secondary N) is 1. The van der Waals surface area contributed by atoms with Crippen LogP contribution in [0.3, 0.4) is 0 Å². The van der Waals surface area contributed by atoms with E-state index in [0.29, 0.717) is 22.2 Å². The van der Waals surface area contributed by atoms with Crippen LogP contribution in [0.1, 0.15) is 9.67 Å². The van der Waals surface area contributed by atoms with Crippen molar-refractivity contribution < 1.29 is 14.0 Å². The number of amides is 2. The van der Waals surface area contributed by atoms with E-state index in [4.69, 9.17) is 0 Å². The molecular weight excluding hydrogens is 323 g/mol. The Morgan fingerprint density at radius 2 is 2.14 bits per heavy atom. The lowest BCUT2D eigenvalue weighted by molar-refractivity contribution is -0.119. The SMILES string of the molecule is O=C(Nc1cccc(F)c1)[C@@H]1CSCN1C(=O)c1cccs1. The highest BCUT2D eigenvalue weighted by Crippen LogP contribution is 2.25. The zero-order valence-electron chi connectivity index (χ0n) is 11.5. The molecule has 0 radical (unpaired) electrons. The Morgan fingerprint density at radius 1 is 1.27 bits per heavy atom. The Hall–Kier alpha value is -1.86. The number of carbonyl (C=O) groups excluding carboxylic acids is 2. The van der Waals surface area contributed by atoms with Crippen LogP contribution < -0.4 is 5.32 Å². The molecule has 1 fully saturated rings. The van der Waals surface area contributed by atoms with Gasteiger partial charge in [0, 0.05) is 11.4 Å². The number of benzene rings is 1. The van der Waals surface area contributed by atoms with Crippen molar-refractivity contribution >= 4 is 40.6 Å². The number of carbonyl (C=O) groups is 2. The highest BCUT2D eigenvalue weighted by Gasteiger charge is 2.35. The number of hydrogen-bond donors (Lipinski definition) is 1. The van der Waals surface area contributed by atoms with Crippen LogP contribution in [-0.2, 0) is 4.79 Å². The summed E-state index contributed by atoms with van der Waals surface area (Å²) in [6.45, 7) is 0. The standard InChI is InChI=1S/C15H13FN2O2S2/c16-10-3-1-4-11(7-10)17-14(19)12-8-21-9-18(12)15(20)13-5-2-6-22-13/h1-7,12H,8-9H2,(H,17,19)/t12-/m0/s1. The summed E-state index contributed by atoms with van der Waals surface area (Å²) in [7, 11) is 0. The van der Waals surface area contributed by atoms with Gasteiger partial charge in [0.05, 0.1) is 10.8 Å². The van der Waals surface area contributed by atoms with E-state index in [-0.39, 0.29) is 11.8 Å². The highest BCUT2D eigenvalue weighted by atomic mass is 32.2. The molecule has 22 heavy (non-hydrogen) atoms. The quantitative estimate of drug-likeness (QED) is 0.937. The summed E-state index contributed by atoms with van der Waals surface area (Å²) in [5, 5.41) is 4.50. The predicted molar refractivity (Wildman–Crippen MR) is 86.6 cm³/mol. The largest absolute Gasteiger partial charge is 0.324 e. The van der Waals surface area contributed by atoms with Gasteiger partial charge in [-0.05, 0) is 29.6 Å². The molecule has 4 nitrogen and oxygen atoms in total. The predicted octanol–water partition coefficient (Wildman–Crippen LogP) is 3.04. The second-order valence-electron chi connectivity index (χ2n) is 4.77. The Balaban J connectivity index is 1.72. The average Bonchev–Trinajstić information content (AvgIpc) is 3.18. The van der Waals surface area contributed by atoms with Gasteiger partial charge in [-0.2, -0.15) is 0 Å². The highest BCUT2D eigenvalue weighted by molar-refractivity contribution is 7.99. The maximum absolute atomic E-state index is 13.2. The lowest BCUT2D eigenvalue weighted by Gasteiger charge is -2.22. The van der Waals surface area contributed by atoms with E-state index < -0.39 is 11.9 Å². The normalized spacial score (nSPS) is 17.5. The summed E-state index contributed by atoms with van der Waals surface area (Å²) in [5.41, 5.74) is 0.394. The van der Waals surface area contributed by atoms with E-state index in [2.05, 4.69) is 5.32 Å². The second kappa shape index (κ2) is 6.50. The van der Waals surface area contributed by atoms with E-state index in [1.54, 1.807) is 17.0 Å². The van der Waals surface area contributed by atoms with Gasteiger partial charge in [0.2, 0.25) is 5.91 Å². The van der Waals surface area contributed by atoms with Crippen molar-refractivity contribution in [3.05, 3.63) is 52.5 Å². The van der Waals surface area contributed by atoms with Crippen LogP contribution >= 0.6 is 23.1 Å². The van der Waals surface area contributed by atoms with Crippen molar-refractivity contribution in [3.8, 4) is 0 Å². The summed E-state index contributed by atoms with van der Waals surface area (Å²) in [4.78, 5) is 27.0. The minimum absolute atomic E-state index is 0.139. The molecule has 7 heteroatoms. The molecule has 1 N–H and O–H groups in total. The van der Waals surface area contributed by atoms with Crippen LogP contribution in [0.2, 0.25) is 0 Å². The maximum atomic E-state index is 13.2. The number of thioether (sulfide) groups is 1. The van der Waals surface area contributed by atoms with Gasteiger partial charge in [-0.1, -0.05) is 12.1 Å². The van der Waals surface area contributed by atoms with Crippen molar-refractivity contribution in [1.82, 2.24) is 4.90 Å². The van der Waals surface area contributed by atoms with E-state index >= 15 is 0 Å². The molecule has 1 aliphatic heterocycles. The van der Waals surface area contributed by atoms with Crippen LogP contribution in [0.15, 0.2) is 41.8 Å². The maximum Gasteiger partial charge on any atom is 0.265 e. The van der Waals surface area contributed by atoms with Crippen LogP contribution in [0.4, 0.5) is 10.1 Å². The summed E-state index contributed by atoms with van der Waals surface area (Å²) < 4.78 is 13.2. The van der Waals surface area contributed by atoms with Gasteiger partial charge in [-0.3, -0.25) is 9.59 Å². The molecule has 1 aliphatic rings. The van der Waals surface area contributed by atoms with E-state index in [9.17, 15) is 14.0 Å². The van der Waals surface area contributed by atoms with Crippen LogP contribution in [0.25, 0.3) is 0 Å². The number of halogens is 1. The van der Waals surface area contributed by atoms with Crippen molar-refractivity contribution in [2.24, 2.45) is 0 Å². The van der Waals surface area contributed by atoms with Gasteiger partial charge >= 0.3 is 0 Å². The molecule has 0 spiro atoms. The lowest BCUT2D eigenvalue weighted by atomic mass is 10.2. The van der Waals surface area contributed by atoms with Crippen molar-refractivity contribution in [3.63, 3.8) is 0 Å². The Morgan fingerprint density at radius 3 is 2.86 bits per heavy atom. The molecule has 3 rings (SSSR count). The molecule has 1 aromatic carbocycles. The summed E-state index contributed by atoms with van der Waals surface area (Å²) in [6.07, 6.45) is 0. The van der Waals surface area contributed by atoms with Gasteiger partial charge in [-0.25, -0.2) is 4.39 Å². The third-order valence-electron chi connectivity index (χ3n) is 3.27. The molecule has 2 heterocycles. The Labute approximate surface area is 135 Å². The molecule has 2 aromatic rings. The molecule has 0 unspecified atom stereocenters. The van der Waals surface area contributed by atoms with Gasteiger partial charge in [-0.15, -0.1) is 23.1 Å². The van der Waals surface area contributed by atoms with Crippen molar-refractivity contribution in [1.29, 1.82) is 0 Å². The number of nitrogens with zero attached hydrogens (tertiary/aromatic N) is 1.